The Hall–Kier alpha value is -3.54. The van der Waals surface area contributed by atoms with Crippen LogP contribution in [0.1, 0.15) is 13.8 Å². The molecule has 0 bridgehead atoms. The molecule has 0 unspecified atom stereocenters. The summed E-state index contributed by atoms with van der Waals surface area (Å²) < 4.78 is 0. The average Bonchev–Trinajstić information content (AvgIpc) is 3.14. The number of hydrogen-bond donors (Lipinski definition) is 0. The summed E-state index contributed by atoms with van der Waals surface area (Å²) in [5, 5.41) is 11.5. The van der Waals surface area contributed by atoms with Crippen molar-refractivity contribution in [3.63, 3.8) is 0 Å². The Kier molecular flexibility index (Phi) is 4.16. The van der Waals surface area contributed by atoms with Crippen LogP contribution in [0.4, 0.5) is 11.4 Å². The van der Waals surface area contributed by atoms with Gasteiger partial charge in [-0.05, 0) is 38.1 Å². The van der Waals surface area contributed by atoms with Gasteiger partial charge in [0.2, 0.25) is 0 Å². The molecule has 2 heterocycles. The van der Waals surface area contributed by atoms with Crippen molar-refractivity contribution in [2.24, 2.45) is 16.1 Å². The highest BCUT2D eigenvalue weighted by atomic mass is 16.2. The van der Waals surface area contributed by atoms with Crippen LogP contribution >= 0.6 is 0 Å². The summed E-state index contributed by atoms with van der Waals surface area (Å²) in [4.78, 5) is 25.7. The van der Waals surface area contributed by atoms with Crippen LogP contribution in [-0.2, 0) is 9.59 Å². The van der Waals surface area contributed by atoms with Gasteiger partial charge in [-0.25, -0.2) is 0 Å². The minimum Gasteiger partial charge on any atom is -0.271 e. The lowest BCUT2D eigenvalue weighted by molar-refractivity contribution is -0.118. The van der Waals surface area contributed by atoms with E-state index in [1.807, 2.05) is 60.7 Å². The average molecular weight is 358 g/mol. The molecule has 6 heteroatoms. The largest absolute Gasteiger partial charge is 0.280 e. The van der Waals surface area contributed by atoms with Gasteiger partial charge in [-0.3, -0.25) is 9.59 Å². The maximum atomic E-state index is 12.9. The normalized spacial score (nSPS) is 21.1. The molecule has 0 aromatic heterocycles. The number of carbonyl (C=O) groups is 2. The Bertz CT molecular complexity index is 993. The predicted molar refractivity (Wildman–Crippen MR) is 106 cm³/mol. The van der Waals surface area contributed by atoms with E-state index in [-0.39, 0.29) is 11.8 Å². The van der Waals surface area contributed by atoms with Crippen molar-refractivity contribution in [1.29, 1.82) is 0 Å². The van der Waals surface area contributed by atoms with Gasteiger partial charge in [0.1, 0.15) is 0 Å². The molecule has 2 aliphatic rings. The molecule has 2 aromatic carbocycles. The van der Waals surface area contributed by atoms with Crippen molar-refractivity contribution < 1.29 is 9.59 Å². The zero-order chi connectivity index (χ0) is 19.0. The highest BCUT2D eigenvalue weighted by Gasteiger charge is 2.36. The molecule has 2 aromatic rings. The molecule has 6 nitrogen and oxygen atoms in total. The Morgan fingerprint density at radius 1 is 0.815 bits per heavy atom. The Balaban J connectivity index is 1.63. The number of amides is 2. The highest BCUT2D eigenvalue weighted by molar-refractivity contribution is 6.30. The van der Waals surface area contributed by atoms with Gasteiger partial charge >= 0.3 is 0 Å². The zero-order valence-corrected chi connectivity index (χ0v) is 15.0. The van der Waals surface area contributed by atoms with E-state index in [1.165, 1.54) is 10.0 Å². The highest BCUT2D eigenvalue weighted by Crippen LogP contribution is 2.28. The van der Waals surface area contributed by atoms with Crippen LogP contribution in [0.15, 0.2) is 82.5 Å². The van der Waals surface area contributed by atoms with Gasteiger partial charge in [-0.2, -0.15) is 20.2 Å². The van der Waals surface area contributed by atoms with Crippen LogP contribution in [0.5, 0.6) is 0 Å². The van der Waals surface area contributed by atoms with E-state index in [2.05, 4.69) is 10.2 Å². The standard InChI is InChI=1S/C21H18N4O2/c1-14-18(20(26)24(22-14)16-9-5-3-6-10-16)13-19-15(2)23-25(21(19)27)17-11-7-4-8-12-17/h3-13,18H,1-2H3/b19-13-/t18-/m1/s1. The summed E-state index contributed by atoms with van der Waals surface area (Å²) in [7, 11) is 0. The smallest absolute Gasteiger partial charge is 0.271 e. The lowest BCUT2D eigenvalue weighted by Crippen LogP contribution is -2.27. The van der Waals surface area contributed by atoms with E-state index < -0.39 is 5.92 Å². The van der Waals surface area contributed by atoms with Gasteiger partial charge in [-0.15, -0.1) is 0 Å². The van der Waals surface area contributed by atoms with Crippen molar-refractivity contribution in [1.82, 2.24) is 0 Å². The first-order valence-corrected chi connectivity index (χ1v) is 8.67. The fourth-order valence-electron chi connectivity index (χ4n) is 3.15. The van der Waals surface area contributed by atoms with Crippen molar-refractivity contribution in [2.45, 2.75) is 13.8 Å². The summed E-state index contributed by atoms with van der Waals surface area (Å²) in [6, 6.07) is 18.5. The van der Waals surface area contributed by atoms with Crippen molar-refractivity contribution in [3.8, 4) is 0 Å². The van der Waals surface area contributed by atoms with E-state index in [1.54, 1.807) is 19.9 Å². The molecule has 2 aliphatic heterocycles. The van der Waals surface area contributed by atoms with Gasteiger partial charge in [0.15, 0.2) is 0 Å². The van der Waals surface area contributed by atoms with Crippen LogP contribution < -0.4 is 10.0 Å². The van der Waals surface area contributed by atoms with Gasteiger partial charge in [-0.1, -0.05) is 42.5 Å². The van der Waals surface area contributed by atoms with Crippen molar-refractivity contribution in [2.75, 3.05) is 10.0 Å². The molecular formula is C21H18N4O2. The maximum absolute atomic E-state index is 12.9. The van der Waals surface area contributed by atoms with E-state index >= 15 is 0 Å². The van der Waals surface area contributed by atoms with Crippen molar-refractivity contribution in [3.05, 3.63) is 72.3 Å². The van der Waals surface area contributed by atoms with Crippen LogP contribution in [0.25, 0.3) is 0 Å². The van der Waals surface area contributed by atoms with Crippen LogP contribution in [0, 0.1) is 5.92 Å². The number of hydrogen-bond acceptors (Lipinski definition) is 4. The Morgan fingerprint density at radius 3 is 1.96 bits per heavy atom. The summed E-state index contributed by atoms with van der Waals surface area (Å²) >= 11 is 0. The van der Waals surface area contributed by atoms with E-state index in [0.29, 0.717) is 28.4 Å². The van der Waals surface area contributed by atoms with Crippen molar-refractivity contribution >= 4 is 34.6 Å². The number of anilines is 2. The monoisotopic (exact) mass is 358 g/mol. The number of benzene rings is 2. The quantitative estimate of drug-likeness (QED) is 0.790. The molecule has 0 spiro atoms. The first kappa shape index (κ1) is 16.9. The SMILES string of the molecule is CC1=NN(c2ccccc2)C(=O)/C1=C\[C@H]1C(=O)N(c2ccccc2)N=C1C. The van der Waals surface area contributed by atoms with Gasteiger partial charge in [0.25, 0.3) is 11.8 Å². The molecule has 134 valence electrons. The topological polar surface area (TPSA) is 65.3 Å². The minimum absolute atomic E-state index is 0.176. The third-order valence-corrected chi connectivity index (χ3v) is 4.58. The first-order valence-electron chi connectivity index (χ1n) is 8.67. The predicted octanol–water partition coefficient (Wildman–Crippen LogP) is 3.37. The minimum atomic E-state index is -0.579. The fourth-order valence-corrected chi connectivity index (χ4v) is 3.15. The molecule has 4 rings (SSSR count). The summed E-state index contributed by atoms with van der Waals surface area (Å²) in [6.45, 7) is 3.57. The third kappa shape index (κ3) is 2.95. The second-order valence-electron chi connectivity index (χ2n) is 6.42. The lowest BCUT2D eigenvalue weighted by Gasteiger charge is -2.13. The van der Waals surface area contributed by atoms with Gasteiger partial charge in [0, 0.05) is 0 Å². The number of nitrogens with zero attached hydrogens (tertiary/aromatic N) is 4. The third-order valence-electron chi connectivity index (χ3n) is 4.58. The van der Waals surface area contributed by atoms with Crippen LogP contribution in [0.3, 0.4) is 0 Å². The summed E-state index contributed by atoms with van der Waals surface area (Å²) in [5.74, 6) is -0.993. The molecular weight excluding hydrogens is 340 g/mol. The number of carbonyl (C=O) groups excluding carboxylic acids is 2. The number of rotatable bonds is 3. The lowest BCUT2D eigenvalue weighted by atomic mass is 9.98. The summed E-state index contributed by atoms with van der Waals surface area (Å²) in [5.41, 5.74) is 3.07. The molecule has 0 N–H and O–H groups in total. The Labute approximate surface area is 157 Å². The molecule has 0 radical (unpaired) electrons. The fraction of sp³-hybridized carbons (Fsp3) is 0.143. The second-order valence-corrected chi connectivity index (χ2v) is 6.42. The number of para-hydroxylation sites is 2. The Morgan fingerprint density at radius 2 is 1.37 bits per heavy atom. The molecule has 2 amide bonds. The van der Waals surface area contributed by atoms with Crippen LogP contribution in [-0.4, -0.2) is 23.2 Å². The van der Waals surface area contributed by atoms with Gasteiger partial charge < -0.3 is 0 Å². The zero-order valence-electron chi connectivity index (χ0n) is 15.0. The maximum Gasteiger partial charge on any atom is 0.280 e. The van der Waals surface area contributed by atoms with E-state index in [0.717, 1.165) is 0 Å². The van der Waals surface area contributed by atoms with Gasteiger partial charge in [0.05, 0.1) is 34.3 Å². The molecule has 0 aliphatic carbocycles. The molecule has 1 atom stereocenters. The van der Waals surface area contributed by atoms with Crippen LogP contribution in [0.2, 0.25) is 0 Å². The molecule has 27 heavy (non-hydrogen) atoms. The van der Waals surface area contributed by atoms with E-state index in [9.17, 15) is 9.59 Å². The second kappa shape index (κ2) is 6.64. The first-order chi connectivity index (χ1) is 13.1. The molecule has 0 saturated heterocycles. The molecule has 0 saturated carbocycles. The van der Waals surface area contributed by atoms with E-state index in [4.69, 9.17) is 0 Å². The number of hydrazone groups is 2. The summed E-state index contributed by atoms with van der Waals surface area (Å²) in [6.07, 6.45) is 1.67. The molecule has 0 fully saturated rings.